The third-order valence-electron chi connectivity index (χ3n) is 4.98. The molecule has 0 atom stereocenters. The molecule has 0 spiro atoms. The van der Waals surface area contributed by atoms with Gasteiger partial charge in [0, 0.05) is 12.6 Å². The number of carbonyl (C=O) groups is 1. The van der Waals surface area contributed by atoms with E-state index in [1.807, 2.05) is 24.8 Å². The summed E-state index contributed by atoms with van der Waals surface area (Å²) in [5, 5.41) is 3.39. The predicted molar refractivity (Wildman–Crippen MR) is 118 cm³/mol. The summed E-state index contributed by atoms with van der Waals surface area (Å²) in [6.45, 7) is 1.97. The van der Waals surface area contributed by atoms with Gasteiger partial charge in [-0.2, -0.15) is 8.78 Å². The zero-order valence-electron chi connectivity index (χ0n) is 18.0. The van der Waals surface area contributed by atoms with Crippen LogP contribution in [-0.2, 0) is 17.8 Å². The molecule has 1 amide bonds. The van der Waals surface area contributed by atoms with Crippen molar-refractivity contribution in [1.29, 1.82) is 0 Å². The number of halogens is 2. The molecule has 2 aromatic carbocycles. The Hall–Kier alpha value is -3.33. The number of aromatic nitrogens is 2. The van der Waals surface area contributed by atoms with Crippen LogP contribution in [0.1, 0.15) is 25.2 Å². The Balaban J connectivity index is 1.53. The molecule has 0 unspecified atom stereocenters. The van der Waals surface area contributed by atoms with Crippen LogP contribution in [0.5, 0.6) is 5.75 Å². The number of hydrogen-bond donors (Lipinski definition) is 2. The Morgan fingerprint density at radius 3 is 2.56 bits per heavy atom. The maximum atomic E-state index is 12.4. The Morgan fingerprint density at radius 1 is 1.16 bits per heavy atom. The van der Waals surface area contributed by atoms with E-state index in [-0.39, 0.29) is 29.8 Å². The zero-order valence-corrected chi connectivity index (χ0v) is 18.0. The van der Waals surface area contributed by atoms with Gasteiger partial charge in [0.1, 0.15) is 11.6 Å². The maximum Gasteiger partial charge on any atom is 0.387 e. The van der Waals surface area contributed by atoms with Crippen molar-refractivity contribution in [3.63, 3.8) is 0 Å². The van der Waals surface area contributed by atoms with E-state index in [1.54, 1.807) is 30.3 Å². The van der Waals surface area contributed by atoms with Gasteiger partial charge in [0.15, 0.2) is 0 Å². The number of benzene rings is 2. The molecule has 0 aliphatic carbocycles. The average Bonchev–Trinajstić information content (AvgIpc) is 2.74. The molecule has 1 heterocycles. The van der Waals surface area contributed by atoms with E-state index in [4.69, 9.17) is 0 Å². The van der Waals surface area contributed by atoms with Gasteiger partial charge in [-0.1, -0.05) is 24.3 Å². The van der Waals surface area contributed by atoms with Gasteiger partial charge in [-0.25, -0.2) is 4.98 Å². The Labute approximate surface area is 184 Å². The molecule has 0 radical (unpaired) electrons. The van der Waals surface area contributed by atoms with Crippen LogP contribution < -0.4 is 15.6 Å². The highest BCUT2D eigenvalue weighted by Crippen LogP contribution is 2.15. The lowest BCUT2D eigenvalue weighted by Crippen LogP contribution is -2.41. The molecule has 0 aliphatic rings. The fourth-order valence-electron chi connectivity index (χ4n) is 3.25. The van der Waals surface area contributed by atoms with Gasteiger partial charge >= 0.3 is 6.61 Å². The molecule has 9 heteroatoms. The summed E-state index contributed by atoms with van der Waals surface area (Å²) in [5.74, 6) is 0.446. The van der Waals surface area contributed by atoms with Crippen molar-refractivity contribution in [2.75, 3.05) is 13.1 Å². The summed E-state index contributed by atoms with van der Waals surface area (Å²) in [4.78, 5) is 33.9. The summed E-state index contributed by atoms with van der Waals surface area (Å²) in [6.07, 6.45) is 0.557. The second-order valence-electron chi connectivity index (χ2n) is 7.65. The van der Waals surface area contributed by atoms with Crippen LogP contribution in [0.15, 0.2) is 53.3 Å². The second kappa shape index (κ2) is 10.8. The molecule has 32 heavy (non-hydrogen) atoms. The molecule has 0 saturated heterocycles. The second-order valence-corrected chi connectivity index (χ2v) is 7.65. The summed E-state index contributed by atoms with van der Waals surface area (Å²) in [5.41, 5.74) is 1.30. The molecule has 0 fully saturated rings. The number of aromatic amines is 1. The van der Waals surface area contributed by atoms with E-state index in [2.05, 4.69) is 20.0 Å². The first-order valence-electron chi connectivity index (χ1n) is 10.3. The topological polar surface area (TPSA) is 87.3 Å². The number of carbonyl (C=O) groups excluding carboxylic acids is 1. The third kappa shape index (κ3) is 6.58. The molecule has 2 N–H and O–H groups in total. The van der Waals surface area contributed by atoms with Crippen molar-refractivity contribution in [1.82, 2.24) is 20.2 Å². The predicted octanol–water partition coefficient (Wildman–Crippen LogP) is 3.09. The molecule has 1 aromatic heterocycles. The van der Waals surface area contributed by atoms with E-state index >= 15 is 0 Å². The van der Waals surface area contributed by atoms with E-state index in [0.29, 0.717) is 36.2 Å². The van der Waals surface area contributed by atoms with Gasteiger partial charge < -0.3 is 15.0 Å². The number of amides is 1. The summed E-state index contributed by atoms with van der Waals surface area (Å²) in [7, 11) is 0. The molecule has 3 aromatic rings. The number of rotatable bonds is 10. The van der Waals surface area contributed by atoms with Crippen molar-refractivity contribution in [3.05, 3.63) is 70.3 Å². The van der Waals surface area contributed by atoms with Crippen LogP contribution in [0.2, 0.25) is 0 Å². The largest absolute Gasteiger partial charge is 0.435 e. The van der Waals surface area contributed by atoms with E-state index in [1.165, 1.54) is 12.1 Å². The Morgan fingerprint density at radius 2 is 1.88 bits per heavy atom. The highest BCUT2D eigenvalue weighted by molar-refractivity contribution is 5.78. The van der Waals surface area contributed by atoms with Crippen molar-refractivity contribution in [3.8, 4) is 5.75 Å². The SMILES string of the molecule is CC(C)N(CC(=O)NCCc1ccc(OC(F)F)cc1)Cc1nc2ccccc2c(=O)[nH]1. The van der Waals surface area contributed by atoms with E-state index in [9.17, 15) is 18.4 Å². The smallest absolute Gasteiger partial charge is 0.387 e. The maximum absolute atomic E-state index is 12.4. The first-order chi connectivity index (χ1) is 15.3. The van der Waals surface area contributed by atoms with Crippen LogP contribution in [-0.4, -0.2) is 46.5 Å². The third-order valence-corrected chi connectivity index (χ3v) is 4.98. The number of nitrogens with zero attached hydrogens (tertiary/aromatic N) is 2. The molecule has 0 bridgehead atoms. The van der Waals surface area contributed by atoms with Crippen LogP contribution in [0.25, 0.3) is 10.9 Å². The lowest BCUT2D eigenvalue weighted by atomic mass is 10.1. The minimum Gasteiger partial charge on any atom is -0.435 e. The average molecular weight is 444 g/mol. The van der Waals surface area contributed by atoms with Gasteiger partial charge in [0.05, 0.1) is 24.0 Å². The number of fused-ring (bicyclic) bond motifs is 1. The minimum atomic E-state index is -2.85. The van der Waals surface area contributed by atoms with Crippen molar-refractivity contribution >= 4 is 16.8 Å². The molecule has 3 rings (SSSR count). The molecular weight excluding hydrogens is 418 g/mol. The fourth-order valence-corrected chi connectivity index (χ4v) is 3.25. The molecule has 170 valence electrons. The van der Waals surface area contributed by atoms with Crippen LogP contribution in [0.3, 0.4) is 0 Å². The lowest BCUT2D eigenvalue weighted by molar-refractivity contribution is -0.122. The Bertz CT molecular complexity index is 1100. The summed E-state index contributed by atoms with van der Waals surface area (Å²) in [6, 6.07) is 13.5. The minimum absolute atomic E-state index is 0.0555. The number of para-hydroxylation sites is 1. The van der Waals surface area contributed by atoms with Crippen LogP contribution in [0, 0.1) is 0 Å². The van der Waals surface area contributed by atoms with Gasteiger partial charge in [-0.05, 0) is 50.1 Å². The molecular formula is C23H26F2N4O3. The van der Waals surface area contributed by atoms with Gasteiger partial charge in [-0.3, -0.25) is 14.5 Å². The number of ether oxygens (including phenoxy) is 1. The van der Waals surface area contributed by atoms with E-state index < -0.39 is 6.61 Å². The highest BCUT2D eigenvalue weighted by atomic mass is 19.3. The van der Waals surface area contributed by atoms with Gasteiger partial charge in [0.2, 0.25) is 5.91 Å². The molecule has 7 nitrogen and oxygen atoms in total. The van der Waals surface area contributed by atoms with Crippen molar-refractivity contribution in [2.24, 2.45) is 0 Å². The molecule has 0 aliphatic heterocycles. The van der Waals surface area contributed by atoms with Crippen LogP contribution in [0.4, 0.5) is 8.78 Å². The quantitative estimate of drug-likeness (QED) is 0.502. The number of alkyl halides is 2. The number of hydrogen-bond acceptors (Lipinski definition) is 5. The number of nitrogens with one attached hydrogen (secondary N) is 2. The zero-order chi connectivity index (χ0) is 23.1. The summed E-state index contributed by atoms with van der Waals surface area (Å²) < 4.78 is 28.7. The van der Waals surface area contributed by atoms with Crippen molar-refractivity contribution < 1.29 is 18.3 Å². The Kier molecular flexibility index (Phi) is 7.88. The fraction of sp³-hybridized carbons (Fsp3) is 0.348. The first kappa shape index (κ1) is 23.3. The monoisotopic (exact) mass is 444 g/mol. The van der Waals surface area contributed by atoms with Gasteiger partial charge in [0.25, 0.3) is 5.56 Å². The first-order valence-corrected chi connectivity index (χ1v) is 10.3. The molecule has 0 saturated carbocycles. The van der Waals surface area contributed by atoms with E-state index in [0.717, 1.165) is 5.56 Å². The van der Waals surface area contributed by atoms with Crippen LogP contribution >= 0.6 is 0 Å². The lowest BCUT2D eigenvalue weighted by Gasteiger charge is -2.25. The highest BCUT2D eigenvalue weighted by Gasteiger charge is 2.16. The van der Waals surface area contributed by atoms with Crippen molar-refractivity contribution in [2.45, 2.75) is 39.5 Å². The number of H-pyrrole nitrogens is 1. The van der Waals surface area contributed by atoms with Gasteiger partial charge in [-0.15, -0.1) is 0 Å². The standard InChI is InChI=1S/C23H26F2N4O3/c1-15(2)29(13-20-27-19-6-4-3-5-18(19)22(31)28-20)14-21(30)26-12-11-16-7-9-17(10-8-16)32-23(24)25/h3-10,15,23H,11-14H2,1-2H3,(H,26,30)(H,27,28,31). The summed E-state index contributed by atoms with van der Waals surface area (Å²) >= 11 is 0. The normalized spacial score (nSPS) is 11.5.